The van der Waals surface area contributed by atoms with Gasteiger partial charge in [-0.15, -0.1) is 11.3 Å². The number of benzene rings is 1. The zero-order valence-corrected chi connectivity index (χ0v) is 12.2. The van der Waals surface area contributed by atoms with E-state index in [9.17, 15) is 0 Å². The zero-order chi connectivity index (χ0) is 13.4. The number of fused-ring (bicyclic) bond motifs is 1. The maximum Gasteiger partial charge on any atom is 0.195 e. The highest BCUT2D eigenvalue weighted by atomic mass is 32.2. The van der Waals surface area contributed by atoms with Crippen molar-refractivity contribution >= 4 is 39.0 Å². The van der Waals surface area contributed by atoms with Crippen molar-refractivity contribution in [1.29, 1.82) is 0 Å². The molecule has 0 aliphatic carbocycles. The fourth-order valence-electron chi connectivity index (χ4n) is 1.78. The molecule has 4 nitrogen and oxygen atoms in total. The molecule has 0 atom stereocenters. The highest BCUT2D eigenvalue weighted by molar-refractivity contribution is 8.01. The van der Waals surface area contributed by atoms with Crippen LogP contribution in [-0.2, 0) is 0 Å². The number of nitrogen functional groups attached to an aromatic ring is 1. The Morgan fingerprint density at radius 3 is 2.53 bits per heavy atom. The molecule has 3 aromatic rings. The molecule has 2 aromatic heterocycles. The molecule has 1 aromatic carbocycles. The van der Waals surface area contributed by atoms with Crippen LogP contribution in [0.4, 0.5) is 5.69 Å². The summed E-state index contributed by atoms with van der Waals surface area (Å²) in [5.74, 6) is 0. The maximum atomic E-state index is 5.77. The van der Waals surface area contributed by atoms with Crippen molar-refractivity contribution < 1.29 is 0 Å². The molecule has 0 amide bonds. The van der Waals surface area contributed by atoms with Crippen LogP contribution in [0.15, 0.2) is 33.8 Å². The number of hydrogen-bond acceptors (Lipinski definition) is 6. The topological polar surface area (TPSA) is 64.7 Å². The van der Waals surface area contributed by atoms with Gasteiger partial charge >= 0.3 is 0 Å². The van der Waals surface area contributed by atoms with Gasteiger partial charge in [-0.05, 0) is 49.9 Å². The minimum absolute atomic E-state index is 0.740. The molecule has 0 unspecified atom stereocenters. The molecule has 0 spiro atoms. The van der Waals surface area contributed by atoms with Gasteiger partial charge in [-0.3, -0.25) is 0 Å². The molecular weight excluding hydrogens is 276 g/mol. The van der Waals surface area contributed by atoms with Gasteiger partial charge in [-0.1, -0.05) is 0 Å². The molecule has 3 rings (SSSR count). The molecule has 96 valence electrons. The van der Waals surface area contributed by atoms with Crippen LogP contribution in [0, 0.1) is 13.8 Å². The van der Waals surface area contributed by atoms with Crippen LogP contribution in [-0.4, -0.2) is 15.0 Å². The van der Waals surface area contributed by atoms with Gasteiger partial charge in [0.1, 0.15) is 0 Å². The van der Waals surface area contributed by atoms with Crippen molar-refractivity contribution in [3.8, 4) is 0 Å². The number of aryl methyl sites for hydroxylation is 2. The van der Waals surface area contributed by atoms with Crippen LogP contribution in [0.3, 0.4) is 0 Å². The second-order valence-electron chi connectivity index (χ2n) is 4.24. The third-order valence-corrected chi connectivity index (χ3v) is 4.48. The lowest BCUT2D eigenvalue weighted by Gasteiger charge is -1.99. The van der Waals surface area contributed by atoms with Crippen molar-refractivity contribution in [2.24, 2.45) is 0 Å². The smallest absolute Gasteiger partial charge is 0.195 e. The molecule has 0 saturated carbocycles. The van der Waals surface area contributed by atoms with Crippen molar-refractivity contribution in [1.82, 2.24) is 15.0 Å². The number of thiazole rings is 1. The summed E-state index contributed by atoms with van der Waals surface area (Å²) in [6.45, 7) is 3.94. The second-order valence-corrected chi connectivity index (χ2v) is 6.49. The van der Waals surface area contributed by atoms with E-state index in [1.165, 1.54) is 11.8 Å². The molecule has 0 aliphatic rings. The predicted molar refractivity (Wildman–Crippen MR) is 79.7 cm³/mol. The summed E-state index contributed by atoms with van der Waals surface area (Å²) in [4.78, 5) is 13.4. The Morgan fingerprint density at radius 1 is 1.05 bits per heavy atom. The second kappa shape index (κ2) is 4.79. The predicted octanol–water partition coefficient (Wildman–Crippen LogP) is 3.44. The SMILES string of the molecule is Cc1cc(C)nc(Sc2nc3ccc(N)cc3s2)n1. The molecule has 2 N–H and O–H groups in total. The number of anilines is 1. The van der Waals surface area contributed by atoms with Gasteiger partial charge in [0.05, 0.1) is 10.2 Å². The van der Waals surface area contributed by atoms with Crippen molar-refractivity contribution in [2.45, 2.75) is 23.3 Å². The Bertz CT molecular complexity index is 731. The van der Waals surface area contributed by atoms with E-state index in [0.29, 0.717) is 0 Å². The average Bonchev–Trinajstić information content (AvgIpc) is 2.68. The number of hydrogen-bond donors (Lipinski definition) is 1. The molecule has 6 heteroatoms. The molecule has 0 bridgehead atoms. The Kier molecular flexibility index (Phi) is 3.12. The van der Waals surface area contributed by atoms with Crippen LogP contribution < -0.4 is 5.73 Å². The lowest BCUT2D eigenvalue weighted by molar-refractivity contribution is 0.901. The van der Waals surface area contributed by atoms with E-state index in [4.69, 9.17) is 5.73 Å². The summed E-state index contributed by atoms with van der Waals surface area (Å²) in [5, 5.41) is 0.740. The van der Waals surface area contributed by atoms with Gasteiger partial charge in [0.25, 0.3) is 0 Å². The van der Waals surface area contributed by atoms with Crippen molar-refractivity contribution in [3.05, 3.63) is 35.7 Å². The Labute approximate surface area is 119 Å². The largest absolute Gasteiger partial charge is 0.399 e. The van der Waals surface area contributed by atoms with Crippen molar-refractivity contribution in [3.63, 3.8) is 0 Å². The number of nitrogens with zero attached hydrogens (tertiary/aromatic N) is 3. The first-order valence-corrected chi connectivity index (χ1v) is 7.40. The number of nitrogens with two attached hydrogens (primary N) is 1. The van der Waals surface area contributed by atoms with E-state index in [1.54, 1.807) is 11.3 Å². The Hall–Kier alpha value is -1.66. The van der Waals surface area contributed by atoms with Crippen LogP contribution in [0.1, 0.15) is 11.4 Å². The average molecular weight is 288 g/mol. The number of rotatable bonds is 2. The molecule has 0 saturated heterocycles. The third-order valence-electron chi connectivity index (χ3n) is 2.53. The lowest BCUT2D eigenvalue weighted by Crippen LogP contribution is -1.92. The van der Waals surface area contributed by atoms with E-state index >= 15 is 0 Å². The standard InChI is InChI=1S/C13H12N4S2/c1-7-5-8(2)16-12(15-7)19-13-17-10-4-3-9(14)6-11(10)18-13/h3-6H,14H2,1-2H3. The molecule has 19 heavy (non-hydrogen) atoms. The summed E-state index contributed by atoms with van der Waals surface area (Å²) in [6, 6.07) is 7.71. The first-order valence-electron chi connectivity index (χ1n) is 5.76. The van der Waals surface area contributed by atoms with E-state index in [2.05, 4.69) is 15.0 Å². The first-order chi connectivity index (χ1) is 9.10. The fourth-order valence-corrected chi connectivity index (χ4v) is 3.87. The van der Waals surface area contributed by atoms with Crippen molar-refractivity contribution in [2.75, 3.05) is 5.73 Å². The monoisotopic (exact) mass is 288 g/mol. The summed E-state index contributed by atoms with van der Waals surface area (Å²) < 4.78 is 2.03. The van der Waals surface area contributed by atoms with Gasteiger partial charge in [-0.25, -0.2) is 15.0 Å². The maximum absolute atomic E-state index is 5.77. The van der Waals surface area contributed by atoms with Crippen LogP contribution >= 0.6 is 23.1 Å². The molecule has 0 aliphatic heterocycles. The molecule has 0 radical (unpaired) electrons. The quantitative estimate of drug-likeness (QED) is 0.578. The summed E-state index contributed by atoms with van der Waals surface area (Å²) in [6.07, 6.45) is 0. The highest BCUT2D eigenvalue weighted by Gasteiger charge is 2.08. The normalized spacial score (nSPS) is 11.1. The van der Waals surface area contributed by atoms with Gasteiger partial charge < -0.3 is 5.73 Å². The minimum atomic E-state index is 0.740. The van der Waals surface area contributed by atoms with E-state index < -0.39 is 0 Å². The highest BCUT2D eigenvalue weighted by Crippen LogP contribution is 2.33. The summed E-state index contributed by atoms with van der Waals surface area (Å²) in [5.41, 5.74) is 9.44. The lowest BCUT2D eigenvalue weighted by atomic mass is 10.3. The van der Waals surface area contributed by atoms with Gasteiger partial charge in [0.15, 0.2) is 9.50 Å². The van der Waals surface area contributed by atoms with Crippen LogP contribution in [0.2, 0.25) is 0 Å². The van der Waals surface area contributed by atoms with Crippen LogP contribution in [0.25, 0.3) is 10.2 Å². The van der Waals surface area contributed by atoms with Crippen LogP contribution in [0.5, 0.6) is 0 Å². The van der Waals surface area contributed by atoms with Gasteiger partial charge in [0, 0.05) is 17.1 Å². The van der Waals surface area contributed by atoms with Gasteiger partial charge in [0.2, 0.25) is 0 Å². The van der Waals surface area contributed by atoms with E-state index in [1.807, 2.05) is 38.1 Å². The number of aromatic nitrogens is 3. The van der Waals surface area contributed by atoms with E-state index in [0.717, 1.165) is 36.8 Å². The molecular formula is C13H12N4S2. The molecule has 0 fully saturated rings. The zero-order valence-electron chi connectivity index (χ0n) is 10.5. The van der Waals surface area contributed by atoms with Gasteiger partial charge in [-0.2, -0.15) is 0 Å². The molecule has 2 heterocycles. The summed E-state index contributed by atoms with van der Waals surface area (Å²) >= 11 is 3.10. The Morgan fingerprint density at radius 2 is 1.79 bits per heavy atom. The first kappa shape index (κ1) is 12.4. The third kappa shape index (κ3) is 2.69. The minimum Gasteiger partial charge on any atom is -0.399 e. The Balaban J connectivity index is 1.96. The van der Waals surface area contributed by atoms with E-state index in [-0.39, 0.29) is 0 Å². The fraction of sp³-hybridized carbons (Fsp3) is 0.154. The summed E-state index contributed by atoms with van der Waals surface area (Å²) in [7, 11) is 0.